The predicted octanol–water partition coefficient (Wildman–Crippen LogP) is 10.5. The first kappa shape index (κ1) is 48.6. The van der Waals surface area contributed by atoms with Gasteiger partial charge in [-0.1, -0.05) is 124 Å². The van der Waals surface area contributed by atoms with Crippen LogP contribution in [0.5, 0.6) is 0 Å². The van der Waals surface area contributed by atoms with Crippen LogP contribution in [0.25, 0.3) is 0 Å². The van der Waals surface area contributed by atoms with Crippen molar-refractivity contribution in [3.8, 4) is 0 Å². The third-order valence-corrected chi connectivity index (χ3v) is 10.5. The van der Waals surface area contributed by atoms with Crippen molar-refractivity contribution in [3.63, 3.8) is 0 Å². The van der Waals surface area contributed by atoms with E-state index in [1.807, 2.05) is 0 Å². The lowest BCUT2D eigenvalue weighted by atomic mass is 10.0. The molecule has 0 saturated heterocycles. The lowest BCUT2D eigenvalue weighted by Gasteiger charge is -2.23. The molecule has 9 nitrogen and oxygen atoms in total. The van der Waals surface area contributed by atoms with Crippen molar-refractivity contribution in [2.24, 2.45) is 0 Å². The number of nitrogens with zero attached hydrogens (tertiary/aromatic N) is 1. The van der Waals surface area contributed by atoms with Gasteiger partial charge in [-0.15, -0.1) is 0 Å². The summed E-state index contributed by atoms with van der Waals surface area (Å²) in [5.41, 5.74) is -0.106. The molecule has 9 heteroatoms. The maximum Gasteiger partial charge on any atom is 0.306 e. The second kappa shape index (κ2) is 33.0. The zero-order chi connectivity index (χ0) is 38.9. The molecule has 308 valence electrons. The molecule has 2 unspecified atom stereocenters. The highest BCUT2D eigenvalue weighted by Crippen LogP contribution is 2.18. The molecule has 1 aromatic carbocycles. The van der Waals surface area contributed by atoms with Crippen LogP contribution in [0.15, 0.2) is 9.59 Å². The standard InChI is InChI=1S/C44H81N3O6/c1-6-10-13-17-23-30-38(29-22-14-11-7-2)53-40(49)32-25-19-16-21-27-35-47(36-33-46-42-41(45-5)43(50)44(42)51)34-26-20-15-18-24-31-39(48)52-37(9-4)28-12-8-3/h37-38,45-46H,6-36H2,1-5H3. The second-order valence-corrected chi connectivity index (χ2v) is 15.3. The quantitative estimate of drug-likeness (QED) is 0.0388. The summed E-state index contributed by atoms with van der Waals surface area (Å²) in [5, 5.41) is 6.02. The Morgan fingerprint density at radius 2 is 0.962 bits per heavy atom. The molecule has 2 N–H and O–H groups in total. The summed E-state index contributed by atoms with van der Waals surface area (Å²) in [6, 6.07) is 0. The minimum absolute atomic E-state index is 0.0200. The number of carbonyl (C=O) groups is 2. The number of hydrogen-bond acceptors (Lipinski definition) is 9. The molecule has 0 aliphatic carbocycles. The maximum atomic E-state index is 12.7. The average molecular weight is 748 g/mol. The van der Waals surface area contributed by atoms with E-state index in [2.05, 4.69) is 43.2 Å². The molecular formula is C44H81N3O6. The number of hydrogen-bond donors (Lipinski definition) is 2. The van der Waals surface area contributed by atoms with Crippen molar-refractivity contribution in [3.05, 3.63) is 20.4 Å². The number of esters is 2. The number of anilines is 2. The summed E-state index contributed by atoms with van der Waals surface area (Å²) in [6.07, 6.45) is 28.7. The molecule has 0 aliphatic heterocycles. The number of rotatable bonds is 38. The van der Waals surface area contributed by atoms with Gasteiger partial charge in [-0.05, 0) is 77.3 Å². The highest BCUT2D eigenvalue weighted by molar-refractivity contribution is 5.73. The van der Waals surface area contributed by atoms with Gasteiger partial charge < -0.3 is 25.0 Å². The van der Waals surface area contributed by atoms with Gasteiger partial charge in [0, 0.05) is 33.0 Å². The van der Waals surface area contributed by atoms with Crippen molar-refractivity contribution in [2.75, 3.05) is 43.9 Å². The molecule has 0 amide bonds. The third-order valence-electron chi connectivity index (χ3n) is 10.5. The van der Waals surface area contributed by atoms with Crippen LogP contribution in [-0.2, 0) is 19.1 Å². The minimum Gasteiger partial charge on any atom is -0.462 e. The zero-order valence-corrected chi connectivity index (χ0v) is 35.0. The lowest BCUT2D eigenvalue weighted by molar-refractivity contribution is -0.150. The van der Waals surface area contributed by atoms with Gasteiger partial charge in [0.2, 0.25) is 0 Å². The Bertz CT molecular complexity index is 1120. The molecule has 0 spiro atoms. The average Bonchev–Trinajstić information content (AvgIpc) is 3.15. The van der Waals surface area contributed by atoms with Gasteiger partial charge in [0.05, 0.1) is 0 Å². The number of unbranched alkanes of at least 4 members (excludes halogenated alkanes) is 16. The normalized spacial score (nSPS) is 12.6. The van der Waals surface area contributed by atoms with E-state index < -0.39 is 10.9 Å². The van der Waals surface area contributed by atoms with E-state index in [0.717, 1.165) is 135 Å². The van der Waals surface area contributed by atoms with E-state index >= 15 is 0 Å². The van der Waals surface area contributed by atoms with Gasteiger partial charge in [-0.2, -0.15) is 0 Å². The highest BCUT2D eigenvalue weighted by atomic mass is 16.5. The fourth-order valence-corrected chi connectivity index (χ4v) is 7.05. The van der Waals surface area contributed by atoms with Crippen LogP contribution < -0.4 is 21.5 Å². The molecule has 0 fully saturated rings. The summed E-state index contributed by atoms with van der Waals surface area (Å²) in [7, 11) is 1.66. The highest BCUT2D eigenvalue weighted by Gasteiger charge is 2.19. The molecule has 2 atom stereocenters. The first-order valence-electron chi connectivity index (χ1n) is 22.2. The molecule has 0 aliphatic rings. The third kappa shape index (κ3) is 23.9. The van der Waals surface area contributed by atoms with Crippen LogP contribution in [0.1, 0.15) is 201 Å². The summed E-state index contributed by atoms with van der Waals surface area (Å²) in [4.78, 5) is 51.2. The van der Waals surface area contributed by atoms with Gasteiger partial charge in [-0.25, -0.2) is 0 Å². The van der Waals surface area contributed by atoms with E-state index in [0.29, 0.717) is 30.8 Å². The molecular weight excluding hydrogens is 666 g/mol. The van der Waals surface area contributed by atoms with E-state index in [-0.39, 0.29) is 24.1 Å². The van der Waals surface area contributed by atoms with Crippen molar-refractivity contribution >= 4 is 23.3 Å². The maximum absolute atomic E-state index is 12.7. The molecule has 0 bridgehead atoms. The SMILES string of the molecule is CCCCCCCC(CCCCCC)OC(=O)CCCCCCCN(CCCCCCCC(=O)OC(CC)CCCC)CCNc1c(NC)c(=O)c1=O. The molecule has 1 rings (SSSR count). The fourth-order valence-electron chi connectivity index (χ4n) is 7.05. The Hall–Kier alpha value is -2.42. The summed E-state index contributed by atoms with van der Waals surface area (Å²) in [5.74, 6) is -0.0755. The van der Waals surface area contributed by atoms with Gasteiger partial charge in [0.1, 0.15) is 23.6 Å². The predicted molar refractivity (Wildman–Crippen MR) is 223 cm³/mol. The Morgan fingerprint density at radius 1 is 0.528 bits per heavy atom. The zero-order valence-electron chi connectivity index (χ0n) is 35.0. The van der Waals surface area contributed by atoms with Gasteiger partial charge >= 0.3 is 11.9 Å². The summed E-state index contributed by atoms with van der Waals surface area (Å²) < 4.78 is 11.6. The van der Waals surface area contributed by atoms with Crippen molar-refractivity contribution in [1.82, 2.24) is 4.90 Å². The first-order chi connectivity index (χ1) is 25.8. The number of nitrogens with one attached hydrogen (secondary N) is 2. The summed E-state index contributed by atoms with van der Waals surface area (Å²) in [6.45, 7) is 12.1. The van der Waals surface area contributed by atoms with Gasteiger partial charge in [0.25, 0.3) is 10.9 Å². The minimum atomic E-state index is -0.449. The van der Waals surface area contributed by atoms with E-state index in [4.69, 9.17) is 9.47 Å². The molecule has 53 heavy (non-hydrogen) atoms. The van der Waals surface area contributed by atoms with E-state index in [1.54, 1.807) is 7.05 Å². The Labute approximate surface area is 324 Å². The topological polar surface area (TPSA) is 114 Å². The molecule has 0 heterocycles. The lowest BCUT2D eigenvalue weighted by Crippen LogP contribution is -2.38. The van der Waals surface area contributed by atoms with Crippen molar-refractivity contribution < 1.29 is 19.1 Å². The first-order valence-corrected chi connectivity index (χ1v) is 22.2. The Kier molecular flexibility index (Phi) is 30.2. The van der Waals surface area contributed by atoms with E-state index in [9.17, 15) is 19.2 Å². The number of ether oxygens (including phenoxy) is 2. The van der Waals surface area contributed by atoms with Gasteiger partial charge in [0.15, 0.2) is 0 Å². The van der Waals surface area contributed by atoms with Gasteiger partial charge in [-0.3, -0.25) is 19.2 Å². The Balaban J connectivity index is 2.39. The Morgan fingerprint density at radius 3 is 1.49 bits per heavy atom. The van der Waals surface area contributed by atoms with Crippen LogP contribution in [0.2, 0.25) is 0 Å². The van der Waals surface area contributed by atoms with Crippen LogP contribution in [0.4, 0.5) is 11.4 Å². The van der Waals surface area contributed by atoms with Crippen LogP contribution in [-0.4, -0.2) is 62.3 Å². The fraction of sp³-hybridized carbons (Fsp3) is 0.864. The van der Waals surface area contributed by atoms with E-state index in [1.165, 1.54) is 44.9 Å². The van der Waals surface area contributed by atoms with Crippen LogP contribution >= 0.6 is 0 Å². The molecule has 0 saturated carbocycles. The molecule has 0 aromatic heterocycles. The second-order valence-electron chi connectivity index (χ2n) is 15.3. The largest absolute Gasteiger partial charge is 0.462 e. The van der Waals surface area contributed by atoms with Crippen molar-refractivity contribution in [1.29, 1.82) is 0 Å². The van der Waals surface area contributed by atoms with Crippen LogP contribution in [0, 0.1) is 0 Å². The molecule has 0 radical (unpaired) electrons. The number of carbonyl (C=O) groups excluding carboxylic acids is 2. The molecule has 1 aromatic rings. The van der Waals surface area contributed by atoms with Crippen molar-refractivity contribution in [2.45, 2.75) is 213 Å². The smallest absolute Gasteiger partial charge is 0.306 e. The van der Waals surface area contributed by atoms with Crippen LogP contribution in [0.3, 0.4) is 0 Å². The summed E-state index contributed by atoms with van der Waals surface area (Å²) >= 11 is 0. The monoisotopic (exact) mass is 748 g/mol.